The van der Waals surface area contributed by atoms with E-state index in [0.717, 1.165) is 0 Å². The van der Waals surface area contributed by atoms with Crippen LogP contribution >= 0.6 is 0 Å². The lowest BCUT2D eigenvalue weighted by molar-refractivity contribution is -0.209. The van der Waals surface area contributed by atoms with Crippen LogP contribution in [0.5, 0.6) is 0 Å². The van der Waals surface area contributed by atoms with E-state index in [0.29, 0.717) is 0 Å². The van der Waals surface area contributed by atoms with E-state index in [9.17, 15) is 23.2 Å². The average Bonchev–Trinajstić information content (AvgIpc) is 2.48. The summed E-state index contributed by atoms with van der Waals surface area (Å²) in [5.74, 6) is -3.28. The number of esters is 3. The third-order valence-electron chi connectivity index (χ3n) is 1.88. The van der Waals surface area contributed by atoms with Gasteiger partial charge in [-0.15, -0.1) is 0 Å². The normalized spacial score (nSPS) is 21.1. The first kappa shape index (κ1) is 14.1. The second-order valence-electron chi connectivity index (χ2n) is 3.60. The van der Waals surface area contributed by atoms with Gasteiger partial charge in [0.2, 0.25) is 6.10 Å². The smallest absolute Gasteiger partial charge is 0.404 e. The molecule has 1 aliphatic rings. The molecule has 6 nitrogen and oxygen atoms in total. The number of cyclic esters (lactones) is 1. The van der Waals surface area contributed by atoms with E-state index in [1.54, 1.807) is 0 Å². The monoisotopic (exact) mass is 264 g/mol. The number of ether oxygens (including phenoxy) is 3. The van der Waals surface area contributed by atoms with Gasteiger partial charge in [0, 0.05) is 5.57 Å². The van der Waals surface area contributed by atoms with E-state index in [-0.39, 0.29) is 5.57 Å². The van der Waals surface area contributed by atoms with Gasteiger partial charge in [-0.2, -0.15) is 8.78 Å². The van der Waals surface area contributed by atoms with Gasteiger partial charge in [0.25, 0.3) is 0 Å². The number of rotatable bonds is 4. The summed E-state index contributed by atoms with van der Waals surface area (Å²) in [6.07, 6.45) is -6.38. The largest absolute Gasteiger partial charge is 0.450 e. The number of carbonyl (C=O) groups excluding carboxylic acids is 3. The van der Waals surface area contributed by atoms with E-state index in [4.69, 9.17) is 0 Å². The minimum absolute atomic E-state index is 0.0645. The van der Waals surface area contributed by atoms with Crippen LogP contribution in [0.15, 0.2) is 12.2 Å². The second kappa shape index (κ2) is 5.11. The molecule has 100 valence electrons. The fourth-order valence-electron chi connectivity index (χ4n) is 1.08. The van der Waals surface area contributed by atoms with Crippen LogP contribution in [-0.2, 0) is 28.6 Å². The molecule has 0 amide bonds. The van der Waals surface area contributed by atoms with E-state index in [1.807, 2.05) is 0 Å². The molecule has 1 unspecified atom stereocenters. The van der Waals surface area contributed by atoms with Crippen molar-refractivity contribution in [3.8, 4) is 0 Å². The molecule has 1 atom stereocenters. The molecule has 8 heteroatoms. The van der Waals surface area contributed by atoms with Gasteiger partial charge < -0.3 is 14.2 Å². The highest BCUT2D eigenvalue weighted by Gasteiger charge is 2.50. The summed E-state index contributed by atoms with van der Waals surface area (Å²) in [4.78, 5) is 32.9. The van der Waals surface area contributed by atoms with Gasteiger partial charge in [-0.3, -0.25) is 0 Å². The second-order valence-corrected chi connectivity index (χ2v) is 3.60. The number of carbonyl (C=O) groups is 3. The Hall–Kier alpha value is -1.99. The maximum absolute atomic E-state index is 12.6. The van der Waals surface area contributed by atoms with Gasteiger partial charge in [-0.25, -0.2) is 14.4 Å². The molecule has 1 rings (SSSR count). The van der Waals surface area contributed by atoms with E-state index < -0.39 is 43.1 Å². The molecule has 0 aromatic carbocycles. The topological polar surface area (TPSA) is 78.9 Å². The molecule has 0 bridgehead atoms. The number of alkyl halides is 2. The molecular weight excluding hydrogens is 254 g/mol. The Balaban J connectivity index is 2.40. The van der Waals surface area contributed by atoms with Crippen molar-refractivity contribution in [1.82, 2.24) is 0 Å². The Morgan fingerprint density at radius 1 is 1.56 bits per heavy atom. The van der Waals surface area contributed by atoms with Crippen molar-refractivity contribution in [3.05, 3.63) is 12.2 Å². The zero-order valence-corrected chi connectivity index (χ0v) is 9.40. The molecule has 0 radical (unpaired) electrons. The molecule has 0 aliphatic carbocycles. The van der Waals surface area contributed by atoms with Crippen molar-refractivity contribution >= 4 is 17.9 Å². The molecular formula is C10H10F2O6. The van der Waals surface area contributed by atoms with Gasteiger partial charge in [0.15, 0.2) is 6.61 Å². The van der Waals surface area contributed by atoms with Crippen LogP contribution in [0.1, 0.15) is 13.3 Å². The lowest BCUT2D eigenvalue weighted by atomic mass is 10.3. The van der Waals surface area contributed by atoms with Gasteiger partial charge in [-0.05, 0) is 6.92 Å². The van der Waals surface area contributed by atoms with Crippen molar-refractivity contribution in [3.63, 3.8) is 0 Å². The molecule has 1 fully saturated rings. The number of hydrogen-bond donors (Lipinski definition) is 0. The van der Waals surface area contributed by atoms with Crippen LogP contribution in [-0.4, -0.2) is 36.7 Å². The Kier molecular flexibility index (Phi) is 4.00. The van der Waals surface area contributed by atoms with Crippen LogP contribution in [0.4, 0.5) is 8.78 Å². The quantitative estimate of drug-likeness (QED) is 0.419. The fourth-order valence-corrected chi connectivity index (χ4v) is 1.08. The van der Waals surface area contributed by atoms with Crippen LogP contribution in [0.3, 0.4) is 0 Å². The maximum Gasteiger partial charge on any atom is 0.404 e. The summed E-state index contributed by atoms with van der Waals surface area (Å²) in [5.41, 5.74) is 0.0645. The predicted molar refractivity (Wildman–Crippen MR) is 51.3 cm³/mol. The summed E-state index contributed by atoms with van der Waals surface area (Å²) in [6.45, 7) is 3.84. The van der Waals surface area contributed by atoms with Crippen LogP contribution in [0.25, 0.3) is 0 Å². The van der Waals surface area contributed by atoms with Gasteiger partial charge >= 0.3 is 24.0 Å². The van der Waals surface area contributed by atoms with Crippen molar-refractivity contribution in [2.45, 2.75) is 25.6 Å². The van der Waals surface area contributed by atoms with Gasteiger partial charge in [-0.1, -0.05) is 6.58 Å². The summed E-state index contributed by atoms with van der Waals surface area (Å²) in [7, 11) is 0. The molecule has 0 spiro atoms. The van der Waals surface area contributed by atoms with E-state index in [2.05, 4.69) is 20.8 Å². The summed E-state index contributed by atoms with van der Waals surface area (Å²) in [5, 5.41) is 0. The molecule has 0 aromatic rings. The SMILES string of the molecule is C=C(C)C(=O)OCC(=O)OC1CC(F)(F)OC1=O. The first-order valence-corrected chi connectivity index (χ1v) is 4.84. The first-order valence-electron chi connectivity index (χ1n) is 4.84. The molecule has 0 aromatic heterocycles. The summed E-state index contributed by atoms with van der Waals surface area (Å²) >= 11 is 0. The molecule has 18 heavy (non-hydrogen) atoms. The average molecular weight is 264 g/mol. The standard InChI is InChI=1S/C10H10F2O6/c1-5(2)8(14)16-4-7(13)17-6-3-10(11,12)18-9(6)15/h6H,1,3-4H2,2H3. The van der Waals surface area contributed by atoms with E-state index in [1.165, 1.54) is 6.92 Å². The molecule has 0 N–H and O–H groups in total. The van der Waals surface area contributed by atoms with Crippen LogP contribution in [0.2, 0.25) is 0 Å². The maximum atomic E-state index is 12.6. The third kappa shape index (κ3) is 3.79. The Bertz CT molecular complexity index is 403. The Morgan fingerprint density at radius 3 is 2.61 bits per heavy atom. The number of halogens is 2. The fraction of sp³-hybridized carbons (Fsp3) is 0.500. The lowest BCUT2D eigenvalue weighted by Gasteiger charge is -2.08. The first-order chi connectivity index (χ1) is 8.21. The predicted octanol–water partition coefficient (Wildman–Crippen LogP) is 0.557. The van der Waals surface area contributed by atoms with E-state index >= 15 is 0 Å². The van der Waals surface area contributed by atoms with Crippen molar-refractivity contribution < 1.29 is 37.4 Å². The molecule has 1 saturated heterocycles. The highest BCUT2D eigenvalue weighted by Crippen LogP contribution is 2.31. The van der Waals surface area contributed by atoms with Crippen LogP contribution in [0, 0.1) is 0 Å². The van der Waals surface area contributed by atoms with Gasteiger partial charge in [0.1, 0.15) is 0 Å². The lowest BCUT2D eigenvalue weighted by Crippen LogP contribution is -2.26. The van der Waals surface area contributed by atoms with Crippen molar-refractivity contribution in [2.24, 2.45) is 0 Å². The summed E-state index contributed by atoms with van der Waals surface area (Å²) < 4.78 is 37.6. The Morgan fingerprint density at radius 2 is 2.17 bits per heavy atom. The highest BCUT2D eigenvalue weighted by atomic mass is 19.3. The van der Waals surface area contributed by atoms with Crippen LogP contribution < -0.4 is 0 Å². The van der Waals surface area contributed by atoms with Gasteiger partial charge in [0.05, 0.1) is 6.42 Å². The Labute approximate surface area is 100 Å². The van der Waals surface area contributed by atoms with Crippen molar-refractivity contribution in [2.75, 3.05) is 6.61 Å². The minimum atomic E-state index is -3.64. The minimum Gasteiger partial charge on any atom is -0.450 e. The number of hydrogen-bond acceptors (Lipinski definition) is 6. The summed E-state index contributed by atoms with van der Waals surface area (Å²) in [6, 6.07) is 0. The zero-order valence-electron chi connectivity index (χ0n) is 9.40. The molecule has 0 saturated carbocycles. The molecule has 1 heterocycles. The zero-order chi connectivity index (χ0) is 13.9. The molecule has 1 aliphatic heterocycles. The highest BCUT2D eigenvalue weighted by molar-refractivity contribution is 5.89. The van der Waals surface area contributed by atoms with Crippen molar-refractivity contribution in [1.29, 1.82) is 0 Å². The third-order valence-corrected chi connectivity index (χ3v) is 1.88.